The van der Waals surface area contributed by atoms with Crippen LogP contribution < -0.4 is 4.90 Å². The number of halogens is 1. The monoisotopic (exact) mass is 278 g/mol. The van der Waals surface area contributed by atoms with Crippen LogP contribution in [-0.2, 0) is 9.47 Å². The second-order valence-corrected chi connectivity index (χ2v) is 5.61. The molecule has 1 aliphatic heterocycles. The Morgan fingerprint density at radius 3 is 2.95 bits per heavy atom. The third-order valence-electron chi connectivity index (χ3n) is 3.25. The Kier molecular flexibility index (Phi) is 4.26. The van der Waals surface area contributed by atoms with Gasteiger partial charge in [0, 0.05) is 20.2 Å². The third kappa shape index (κ3) is 3.27. The van der Waals surface area contributed by atoms with Crippen LogP contribution in [0.1, 0.15) is 19.4 Å². The number of hydrogen-bond acceptors (Lipinski definition) is 4. The van der Waals surface area contributed by atoms with Crippen LogP contribution in [-0.4, -0.2) is 38.5 Å². The molecule has 1 saturated heterocycles. The minimum absolute atomic E-state index is 0.0691. The molecule has 4 nitrogen and oxygen atoms in total. The van der Waals surface area contributed by atoms with Crippen LogP contribution in [0.4, 0.5) is 10.1 Å². The number of morpholine rings is 1. The molecule has 0 aliphatic carbocycles. The van der Waals surface area contributed by atoms with E-state index in [2.05, 4.69) is 11.0 Å². The maximum absolute atomic E-state index is 13.2. The first kappa shape index (κ1) is 14.8. The van der Waals surface area contributed by atoms with Crippen LogP contribution in [0.5, 0.6) is 0 Å². The molecule has 20 heavy (non-hydrogen) atoms. The van der Waals surface area contributed by atoms with E-state index in [-0.39, 0.29) is 11.7 Å². The van der Waals surface area contributed by atoms with Crippen molar-refractivity contribution >= 4 is 5.69 Å². The van der Waals surface area contributed by atoms with Crippen molar-refractivity contribution in [3.05, 3.63) is 29.6 Å². The average Bonchev–Trinajstić information content (AvgIpc) is 2.37. The van der Waals surface area contributed by atoms with Crippen LogP contribution in [0, 0.1) is 17.1 Å². The van der Waals surface area contributed by atoms with Gasteiger partial charge < -0.3 is 14.4 Å². The van der Waals surface area contributed by atoms with Gasteiger partial charge in [0.05, 0.1) is 29.6 Å². The van der Waals surface area contributed by atoms with Gasteiger partial charge in [0.2, 0.25) is 0 Å². The van der Waals surface area contributed by atoms with E-state index >= 15 is 0 Å². The number of rotatable bonds is 3. The van der Waals surface area contributed by atoms with Crippen molar-refractivity contribution in [3.8, 4) is 6.07 Å². The van der Waals surface area contributed by atoms with E-state index < -0.39 is 5.82 Å². The number of nitriles is 1. The van der Waals surface area contributed by atoms with Crippen LogP contribution in [0.3, 0.4) is 0 Å². The Morgan fingerprint density at radius 2 is 2.30 bits per heavy atom. The Hall–Kier alpha value is -1.64. The van der Waals surface area contributed by atoms with E-state index in [1.807, 2.05) is 13.8 Å². The summed E-state index contributed by atoms with van der Waals surface area (Å²) in [5.41, 5.74) is 0.744. The highest BCUT2D eigenvalue weighted by Gasteiger charge is 2.34. The topological polar surface area (TPSA) is 45.5 Å². The SMILES string of the molecule is COC[C@H]1CN(c2ccc(F)cc2C#N)CC(C)(C)O1. The lowest BCUT2D eigenvalue weighted by Crippen LogP contribution is -2.54. The Balaban J connectivity index is 2.29. The van der Waals surface area contributed by atoms with Crippen LogP contribution >= 0.6 is 0 Å². The number of benzene rings is 1. The van der Waals surface area contributed by atoms with Crippen molar-refractivity contribution in [2.24, 2.45) is 0 Å². The molecule has 0 radical (unpaired) electrons. The Bertz CT molecular complexity index is 525. The molecule has 0 saturated carbocycles. The molecule has 1 fully saturated rings. The number of hydrogen-bond donors (Lipinski definition) is 0. The van der Waals surface area contributed by atoms with Crippen LogP contribution in [0.2, 0.25) is 0 Å². The lowest BCUT2D eigenvalue weighted by molar-refractivity contribution is -0.106. The molecule has 1 aromatic rings. The fourth-order valence-electron chi connectivity index (χ4n) is 2.63. The second kappa shape index (κ2) is 5.78. The van der Waals surface area contributed by atoms with Crippen molar-refractivity contribution in [2.75, 3.05) is 31.7 Å². The van der Waals surface area contributed by atoms with E-state index in [4.69, 9.17) is 9.47 Å². The van der Waals surface area contributed by atoms with Gasteiger partial charge in [0.25, 0.3) is 0 Å². The summed E-state index contributed by atoms with van der Waals surface area (Å²) in [4.78, 5) is 2.06. The molecule has 1 heterocycles. The number of nitrogens with zero attached hydrogens (tertiary/aromatic N) is 2. The average molecular weight is 278 g/mol. The predicted octanol–water partition coefficient (Wildman–Crippen LogP) is 2.33. The van der Waals surface area contributed by atoms with E-state index in [0.29, 0.717) is 25.3 Å². The van der Waals surface area contributed by atoms with Gasteiger partial charge in [-0.1, -0.05) is 0 Å². The summed E-state index contributed by atoms with van der Waals surface area (Å²) in [7, 11) is 1.63. The normalized spacial score (nSPS) is 21.6. The highest BCUT2D eigenvalue weighted by atomic mass is 19.1. The standard InChI is InChI=1S/C15H19FN2O2/c1-15(2)10-18(8-13(20-15)9-19-3)14-5-4-12(16)6-11(14)7-17/h4-6,13H,8-10H2,1-3H3/t13-/m1/s1. The van der Waals surface area contributed by atoms with Gasteiger partial charge in [0.1, 0.15) is 11.9 Å². The fraction of sp³-hybridized carbons (Fsp3) is 0.533. The number of methoxy groups -OCH3 is 1. The Labute approximate surface area is 118 Å². The first-order valence-corrected chi connectivity index (χ1v) is 6.56. The molecule has 1 aliphatic rings. The van der Waals surface area contributed by atoms with Gasteiger partial charge >= 0.3 is 0 Å². The largest absolute Gasteiger partial charge is 0.382 e. The first-order chi connectivity index (χ1) is 9.45. The zero-order valence-electron chi connectivity index (χ0n) is 12.0. The fourth-order valence-corrected chi connectivity index (χ4v) is 2.63. The summed E-state index contributed by atoms with van der Waals surface area (Å²) in [6.07, 6.45) is -0.0691. The van der Waals surface area contributed by atoms with Gasteiger partial charge in [-0.25, -0.2) is 4.39 Å². The second-order valence-electron chi connectivity index (χ2n) is 5.61. The van der Waals surface area contributed by atoms with E-state index in [0.717, 1.165) is 5.69 Å². The third-order valence-corrected chi connectivity index (χ3v) is 3.25. The van der Waals surface area contributed by atoms with E-state index in [1.165, 1.54) is 12.1 Å². The van der Waals surface area contributed by atoms with E-state index in [1.54, 1.807) is 13.2 Å². The smallest absolute Gasteiger partial charge is 0.124 e. The molecule has 0 spiro atoms. The van der Waals surface area contributed by atoms with E-state index in [9.17, 15) is 9.65 Å². The Morgan fingerprint density at radius 1 is 1.55 bits per heavy atom. The van der Waals surface area contributed by atoms with Crippen molar-refractivity contribution in [3.63, 3.8) is 0 Å². The summed E-state index contributed by atoms with van der Waals surface area (Å²) in [6.45, 7) is 5.75. The molecule has 0 unspecified atom stereocenters. The predicted molar refractivity (Wildman–Crippen MR) is 74.2 cm³/mol. The maximum atomic E-state index is 13.2. The molecular weight excluding hydrogens is 259 g/mol. The number of ether oxygens (including phenoxy) is 2. The van der Waals surface area contributed by atoms with Gasteiger partial charge in [0.15, 0.2) is 0 Å². The van der Waals surface area contributed by atoms with Gasteiger partial charge in [-0.2, -0.15) is 5.26 Å². The molecular formula is C15H19FN2O2. The van der Waals surface area contributed by atoms with Crippen molar-refractivity contribution in [1.29, 1.82) is 5.26 Å². The van der Waals surface area contributed by atoms with Gasteiger partial charge in [-0.15, -0.1) is 0 Å². The molecule has 1 atom stereocenters. The minimum Gasteiger partial charge on any atom is -0.382 e. The van der Waals surface area contributed by atoms with Crippen molar-refractivity contribution in [1.82, 2.24) is 0 Å². The highest BCUT2D eigenvalue weighted by molar-refractivity contribution is 5.60. The molecule has 5 heteroatoms. The van der Waals surface area contributed by atoms with Gasteiger partial charge in [-0.05, 0) is 32.0 Å². The summed E-state index contributed by atoms with van der Waals surface area (Å²) >= 11 is 0. The summed E-state index contributed by atoms with van der Waals surface area (Å²) in [6, 6.07) is 6.35. The lowest BCUT2D eigenvalue weighted by atomic mass is 10.0. The zero-order valence-corrected chi connectivity index (χ0v) is 12.0. The summed E-state index contributed by atoms with van der Waals surface area (Å²) in [5.74, 6) is -0.397. The molecule has 0 aromatic heterocycles. The molecule has 0 bridgehead atoms. The van der Waals surface area contributed by atoms with Crippen LogP contribution in [0.15, 0.2) is 18.2 Å². The van der Waals surface area contributed by atoms with Crippen molar-refractivity contribution < 1.29 is 13.9 Å². The summed E-state index contributed by atoms with van der Waals surface area (Å²) < 4.78 is 24.3. The van der Waals surface area contributed by atoms with Crippen LogP contribution in [0.25, 0.3) is 0 Å². The van der Waals surface area contributed by atoms with Crippen molar-refractivity contribution in [2.45, 2.75) is 25.6 Å². The maximum Gasteiger partial charge on any atom is 0.124 e. The molecule has 0 amide bonds. The number of anilines is 1. The highest BCUT2D eigenvalue weighted by Crippen LogP contribution is 2.28. The molecule has 108 valence electrons. The molecule has 1 aromatic carbocycles. The molecule has 0 N–H and O–H groups in total. The quantitative estimate of drug-likeness (QED) is 0.851. The minimum atomic E-state index is -0.397. The first-order valence-electron chi connectivity index (χ1n) is 6.56. The molecule has 2 rings (SSSR count). The van der Waals surface area contributed by atoms with Gasteiger partial charge in [-0.3, -0.25) is 0 Å². The lowest BCUT2D eigenvalue weighted by Gasteiger charge is -2.44. The summed E-state index contributed by atoms with van der Waals surface area (Å²) in [5, 5.41) is 9.17. The zero-order chi connectivity index (χ0) is 14.8.